The summed E-state index contributed by atoms with van der Waals surface area (Å²) in [6, 6.07) is 7.56. The maximum atomic E-state index is 12.4. The highest BCUT2D eigenvalue weighted by atomic mass is 79.9. The van der Waals surface area contributed by atoms with Gasteiger partial charge in [0, 0.05) is 8.95 Å². The molecule has 0 bridgehead atoms. The number of anilines is 1. The van der Waals surface area contributed by atoms with E-state index < -0.39 is 10.0 Å². The van der Waals surface area contributed by atoms with Gasteiger partial charge in [0.05, 0.1) is 20.8 Å². The number of sulfonamides is 1. The number of halogens is 5. The Labute approximate surface area is 153 Å². The number of hydrogen-bond donors (Lipinski definition) is 1. The van der Waals surface area contributed by atoms with Crippen LogP contribution in [0.25, 0.3) is 0 Å². The number of rotatable bonds is 3. The largest absolute Gasteiger partial charge is 0.280 e. The van der Waals surface area contributed by atoms with Gasteiger partial charge in [0.2, 0.25) is 0 Å². The molecule has 0 aliphatic carbocycles. The summed E-state index contributed by atoms with van der Waals surface area (Å²) in [4.78, 5) is -0.180. The van der Waals surface area contributed by atoms with Crippen molar-refractivity contribution in [2.45, 2.75) is 4.90 Å². The molecule has 0 saturated carbocycles. The van der Waals surface area contributed by atoms with Gasteiger partial charge in [-0.25, -0.2) is 8.42 Å². The molecule has 0 saturated heterocycles. The van der Waals surface area contributed by atoms with Crippen LogP contribution in [0.1, 0.15) is 0 Å². The van der Waals surface area contributed by atoms with Crippen LogP contribution < -0.4 is 4.72 Å². The van der Waals surface area contributed by atoms with Crippen LogP contribution in [-0.2, 0) is 10.0 Å². The summed E-state index contributed by atoms with van der Waals surface area (Å²) in [5.41, 5.74) is 0.335. The van der Waals surface area contributed by atoms with Gasteiger partial charge in [-0.3, -0.25) is 4.72 Å². The van der Waals surface area contributed by atoms with Gasteiger partial charge in [0.25, 0.3) is 10.0 Å². The average Bonchev–Trinajstić information content (AvgIpc) is 2.31. The quantitative estimate of drug-likeness (QED) is 0.572. The van der Waals surface area contributed by atoms with E-state index >= 15 is 0 Å². The third-order valence-corrected chi connectivity index (χ3v) is 6.38. The SMILES string of the molecule is O=S(=O)(Nc1ccc(Cl)c(Br)c1)c1c(Cl)cc(Br)cc1Cl. The van der Waals surface area contributed by atoms with E-state index in [1.807, 2.05) is 0 Å². The van der Waals surface area contributed by atoms with Gasteiger partial charge in [-0.2, -0.15) is 0 Å². The molecule has 0 unspecified atom stereocenters. The zero-order chi connectivity index (χ0) is 15.8. The molecule has 0 spiro atoms. The minimum atomic E-state index is -3.92. The van der Waals surface area contributed by atoms with E-state index in [0.29, 0.717) is 19.7 Å². The summed E-state index contributed by atoms with van der Waals surface area (Å²) >= 11 is 24.2. The average molecular weight is 494 g/mol. The first-order valence-corrected chi connectivity index (χ1v) is 9.53. The molecule has 0 aromatic heterocycles. The molecule has 9 heteroatoms. The molecule has 3 nitrogen and oxygen atoms in total. The second-order valence-corrected chi connectivity index (χ2v) is 8.54. The van der Waals surface area contributed by atoms with Crippen LogP contribution in [0.4, 0.5) is 5.69 Å². The fourth-order valence-electron chi connectivity index (χ4n) is 1.55. The van der Waals surface area contributed by atoms with E-state index in [-0.39, 0.29) is 14.9 Å². The maximum Gasteiger partial charge on any atom is 0.264 e. The minimum absolute atomic E-state index is 0.0231. The van der Waals surface area contributed by atoms with Crippen molar-refractivity contribution >= 4 is 82.4 Å². The van der Waals surface area contributed by atoms with Crippen LogP contribution in [0.3, 0.4) is 0 Å². The van der Waals surface area contributed by atoms with Gasteiger partial charge in [-0.05, 0) is 46.3 Å². The first kappa shape index (κ1) is 17.4. The van der Waals surface area contributed by atoms with Crippen molar-refractivity contribution in [3.05, 3.63) is 54.3 Å². The highest BCUT2D eigenvalue weighted by molar-refractivity contribution is 9.10. The van der Waals surface area contributed by atoms with Crippen LogP contribution in [-0.4, -0.2) is 8.42 Å². The first-order valence-electron chi connectivity index (χ1n) is 5.33. The zero-order valence-corrected chi connectivity index (χ0v) is 16.3. The molecule has 0 radical (unpaired) electrons. The van der Waals surface area contributed by atoms with Crippen LogP contribution in [0.5, 0.6) is 0 Å². The second-order valence-electron chi connectivity index (χ2n) is 3.93. The molecule has 0 atom stereocenters. The smallest absolute Gasteiger partial charge is 0.264 e. The topological polar surface area (TPSA) is 46.2 Å². The Morgan fingerprint density at radius 2 is 1.48 bits per heavy atom. The molecule has 0 amide bonds. The number of nitrogens with one attached hydrogen (secondary N) is 1. The molecule has 1 N–H and O–H groups in total. The lowest BCUT2D eigenvalue weighted by Crippen LogP contribution is -2.14. The van der Waals surface area contributed by atoms with Gasteiger partial charge in [0.1, 0.15) is 4.90 Å². The summed E-state index contributed by atoms with van der Waals surface area (Å²) in [5, 5.41) is 0.516. The molecule has 0 fully saturated rings. The van der Waals surface area contributed by atoms with Gasteiger partial charge in [-0.1, -0.05) is 50.7 Å². The summed E-state index contributed by atoms with van der Waals surface area (Å²) in [6.07, 6.45) is 0. The van der Waals surface area contributed by atoms with Crippen molar-refractivity contribution in [3.63, 3.8) is 0 Å². The molecule has 0 aliphatic heterocycles. The predicted octanol–water partition coefficient (Wildman–Crippen LogP) is 5.97. The van der Waals surface area contributed by atoms with Crippen LogP contribution in [0, 0.1) is 0 Å². The Morgan fingerprint density at radius 1 is 0.905 bits per heavy atom. The Morgan fingerprint density at radius 3 is 2.00 bits per heavy atom. The Bertz CT molecular complexity index is 789. The molecular formula is C12H6Br2Cl3NO2S. The van der Waals surface area contributed by atoms with E-state index in [4.69, 9.17) is 34.8 Å². The van der Waals surface area contributed by atoms with E-state index in [2.05, 4.69) is 36.6 Å². The lowest BCUT2D eigenvalue weighted by molar-refractivity contribution is 0.601. The predicted molar refractivity (Wildman–Crippen MR) is 94.1 cm³/mol. The van der Waals surface area contributed by atoms with E-state index in [1.165, 1.54) is 18.2 Å². The molecule has 0 aliphatic rings. The molecule has 2 rings (SSSR count). The van der Waals surface area contributed by atoms with Crippen molar-refractivity contribution in [2.24, 2.45) is 0 Å². The summed E-state index contributed by atoms with van der Waals surface area (Å²) in [7, 11) is -3.92. The summed E-state index contributed by atoms with van der Waals surface area (Å²) in [5.74, 6) is 0. The van der Waals surface area contributed by atoms with E-state index in [9.17, 15) is 8.42 Å². The van der Waals surface area contributed by atoms with E-state index in [1.54, 1.807) is 12.1 Å². The fraction of sp³-hybridized carbons (Fsp3) is 0. The summed E-state index contributed by atoms with van der Waals surface area (Å²) in [6.45, 7) is 0. The molecule has 112 valence electrons. The van der Waals surface area contributed by atoms with Crippen molar-refractivity contribution in [1.82, 2.24) is 0 Å². The number of benzene rings is 2. The number of hydrogen-bond acceptors (Lipinski definition) is 2. The van der Waals surface area contributed by atoms with Crippen LogP contribution in [0.15, 0.2) is 44.2 Å². The molecule has 0 heterocycles. The first-order chi connectivity index (χ1) is 9.70. The minimum Gasteiger partial charge on any atom is -0.280 e. The normalized spacial score (nSPS) is 11.5. The van der Waals surface area contributed by atoms with Gasteiger partial charge >= 0.3 is 0 Å². The zero-order valence-electron chi connectivity index (χ0n) is 10.0. The molecule has 2 aromatic rings. The van der Waals surface area contributed by atoms with Crippen LogP contribution >= 0.6 is 66.7 Å². The Kier molecular flexibility index (Phi) is 5.50. The standard InChI is InChI=1S/C12H6Br2Cl3NO2S/c13-6-3-10(16)12(11(17)4-6)21(19,20)18-7-1-2-9(15)8(14)5-7/h1-5,18H. The lowest BCUT2D eigenvalue weighted by Gasteiger charge is -2.12. The van der Waals surface area contributed by atoms with Crippen molar-refractivity contribution in [1.29, 1.82) is 0 Å². The highest BCUT2D eigenvalue weighted by Gasteiger charge is 2.22. The second kappa shape index (κ2) is 6.64. The monoisotopic (exact) mass is 491 g/mol. The Balaban J connectivity index is 2.46. The van der Waals surface area contributed by atoms with E-state index in [0.717, 1.165) is 0 Å². The Hall–Kier alpha value is 0.0200. The van der Waals surface area contributed by atoms with Gasteiger partial charge < -0.3 is 0 Å². The van der Waals surface area contributed by atoms with Crippen molar-refractivity contribution < 1.29 is 8.42 Å². The third-order valence-electron chi connectivity index (χ3n) is 2.40. The van der Waals surface area contributed by atoms with Crippen molar-refractivity contribution in [3.8, 4) is 0 Å². The third kappa shape index (κ3) is 4.06. The molecular weight excluding hydrogens is 488 g/mol. The van der Waals surface area contributed by atoms with Gasteiger partial charge in [-0.15, -0.1) is 0 Å². The molecule has 2 aromatic carbocycles. The maximum absolute atomic E-state index is 12.4. The fourth-order valence-corrected chi connectivity index (χ4v) is 5.04. The highest BCUT2D eigenvalue weighted by Crippen LogP contribution is 2.34. The van der Waals surface area contributed by atoms with Crippen molar-refractivity contribution in [2.75, 3.05) is 4.72 Å². The molecule has 21 heavy (non-hydrogen) atoms. The lowest BCUT2D eigenvalue weighted by atomic mass is 10.3. The van der Waals surface area contributed by atoms with Gasteiger partial charge in [0.15, 0.2) is 0 Å². The van der Waals surface area contributed by atoms with Crippen LogP contribution in [0.2, 0.25) is 15.1 Å². The summed E-state index contributed by atoms with van der Waals surface area (Å²) < 4.78 is 28.4.